The first-order chi connectivity index (χ1) is 9.88. The van der Waals surface area contributed by atoms with Gasteiger partial charge in [0.05, 0.1) is 21.5 Å². The first-order valence-corrected chi connectivity index (χ1v) is 9.24. The molecule has 0 saturated heterocycles. The van der Waals surface area contributed by atoms with Crippen molar-refractivity contribution >= 4 is 31.7 Å². The van der Waals surface area contributed by atoms with Crippen LogP contribution in [0.15, 0.2) is 39.4 Å². The van der Waals surface area contributed by atoms with E-state index in [4.69, 9.17) is 4.84 Å². The molecule has 1 aromatic carbocycles. The smallest absolute Gasteiger partial charge is 0.288 e. The molecule has 0 spiro atoms. The minimum atomic E-state index is -3.47. The molecule has 0 aromatic heterocycles. The summed E-state index contributed by atoms with van der Waals surface area (Å²) in [6, 6.07) is 6.18. The van der Waals surface area contributed by atoms with Gasteiger partial charge < -0.3 is 4.84 Å². The van der Waals surface area contributed by atoms with E-state index in [9.17, 15) is 13.2 Å². The zero-order chi connectivity index (χ0) is 15.2. The second-order valence-corrected chi connectivity index (χ2v) is 8.19. The highest BCUT2D eigenvalue weighted by atomic mass is 79.9. The summed E-state index contributed by atoms with van der Waals surface area (Å²) in [6.45, 7) is 0.308. The number of rotatable bonds is 3. The van der Waals surface area contributed by atoms with E-state index in [0.717, 1.165) is 29.3 Å². The maximum Gasteiger partial charge on any atom is 0.288 e. The zero-order valence-electron chi connectivity index (χ0n) is 11.4. The van der Waals surface area contributed by atoms with Gasteiger partial charge in [-0.05, 0) is 40.9 Å². The molecule has 5 nitrogen and oxygen atoms in total. The third-order valence-electron chi connectivity index (χ3n) is 3.45. The number of carbonyl (C=O) groups is 1. The Balaban J connectivity index is 1.88. The number of sulfone groups is 1. The number of hydroxylamine groups is 2. The lowest BCUT2D eigenvalue weighted by atomic mass is 10.2. The molecule has 0 N–H and O–H groups in total. The molecular weight excluding hydrogens is 358 g/mol. The van der Waals surface area contributed by atoms with Gasteiger partial charge in [-0.15, -0.1) is 0 Å². The zero-order valence-corrected chi connectivity index (χ0v) is 13.8. The van der Waals surface area contributed by atoms with E-state index >= 15 is 0 Å². The monoisotopic (exact) mass is 371 g/mol. The molecule has 1 saturated carbocycles. The quantitative estimate of drug-likeness (QED) is 0.818. The lowest BCUT2D eigenvalue weighted by Crippen LogP contribution is -2.29. The van der Waals surface area contributed by atoms with Crippen molar-refractivity contribution in [2.75, 3.05) is 12.8 Å². The van der Waals surface area contributed by atoms with Crippen molar-refractivity contribution in [3.63, 3.8) is 0 Å². The van der Waals surface area contributed by atoms with E-state index in [1.165, 1.54) is 17.2 Å². The van der Waals surface area contributed by atoms with Crippen LogP contribution in [0.1, 0.15) is 23.2 Å². The molecule has 3 rings (SSSR count). The lowest BCUT2D eigenvalue weighted by molar-refractivity contribution is -0.0645. The Morgan fingerprint density at radius 2 is 2.00 bits per heavy atom. The normalized spacial score (nSPS) is 18.9. The third kappa shape index (κ3) is 2.85. The first kappa shape index (κ1) is 14.6. The van der Waals surface area contributed by atoms with Crippen LogP contribution in [-0.4, -0.2) is 32.2 Å². The van der Waals surface area contributed by atoms with Gasteiger partial charge in [0.15, 0.2) is 9.84 Å². The molecule has 7 heteroatoms. The Morgan fingerprint density at radius 3 is 2.62 bits per heavy atom. The lowest BCUT2D eigenvalue weighted by Gasteiger charge is -2.17. The van der Waals surface area contributed by atoms with Gasteiger partial charge in [0.2, 0.25) is 0 Å². The van der Waals surface area contributed by atoms with Crippen LogP contribution in [0.3, 0.4) is 0 Å². The van der Waals surface area contributed by atoms with Crippen molar-refractivity contribution < 1.29 is 18.0 Å². The number of amides is 1. The fraction of sp³-hybridized carbons (Fsp3) is 0.357. The minimum Gasteiger partial charge on any atom is -0.379 e. The van der Waals surface area contributed by atoms with Gasteiger partial charge in [-0.1, -0.05) is 12.1 Å². The molecule has 0 unspecified atom stereocenters. The molecule has 1 aliphatic heterocycles. The standard InChI is InChI=1S/C14H14BrNO4S/c1-21(18,19)12-5-3-2-4-10(12)14(17)16-8-11(15)13(20-16)9-6-7-9/h2-5,9H,6-8H2,1H3. The average molecular weight is 372 g/mol. The van der Waals surface area contributed by atoms with E-state index in [-0.39, 0.29) is 10.5 Å². The van der Waals surface area contributed by atoms with Crippen LogP contribution < -0.4 is 0 Å². The Morgan fingerprint density at radius 1 is 1.33 bits per heavy atom. The summed E-state index contributed by atoms with van der Waals surface area (Å²) in [4.78, 5) is 18.2. The predicted octanol–water partition coefficient (Wildman–Crippen LogP) is 2.49. The largest absolute Gasteiger partial charge is 0.379 e. The van der Waals surface area contributed by atoms with E-state index in [0.29, 0.717) is 12.5 Å². The highest BCUT2D eigenvalue weighted by Crippen LogP contribution is 2.43. The minimum absolute atomic E-state index is 0.0228. The first-order valence-electron chi connectivity index (χ1n) is 6.55. The molecular formula is C14H14BrNO4S. The highest BCUT2D eigenvalue weighted by Gasteiger charge is 2.38. The summed E-state index contributed by atoms with van der Waals surface area (Å²) in [5, 5.41) is 1.21. The van der Waals surface area contributed by atoms with Gasteiger partial charge in [-0.25, -0.2) is 8.42 Å². The molecule has 21 heavy (non-hydrogen) atoms. The maximum atomic E-state index is 12.5. The van der Waals surface area contributed by atoms with E-state index in [2.05, 4.69) is 15.9 Å². The number of halogens is 1. The second-order valence-electron chi connectivity index (χ2n) is 5.24. The van der Waals surface area contributed by atoms with Gasteiger partial charge in [0.1, 0.15) is 5.76 Å². The molecule has 0 atom stereocenters. The fourth-order valence-electron chi connectivity index (χ4n) is 2.26. The van der Waals surface area contributed by atoms with Gasteiger partial charge in [0.25, 0.3) is 5.91 Å². The summed E-state index contributed by atoms with van der Waals surface area (Å²) in [6.07, 6.45) is 3.21. The number of nitrogens with zero attached hydrogens (tertiary/aromatic N) is 1. The molecule has 1 amide bonds. The Kier molecular flexibility index (Phi) is 3.57. The molecule has 1 fully saturated rings. The summed E-state index contributed by atoms with van der Waals surface area (Å²) < 4.78 is 24.4. The maximum absolute atomic E-state index is 12.5. The fourth-order valence-corrected chi connectivity index (χ4v) is 3.76. The Bertz CT molecular complexity index is 737. The van der Waals surface area contributed by atoms with Gasteiger partial charge in [-0.3, -0.25) is 4.79 Å². The number of hydrogen-bond donors (Lipinski definition) is 0. The summed E-state index contributed by atoms with van der Waals surface area (Å²) >= 11 is 3.43. The van der Waals surface area contributed by atoms with E-state index < -0.39 is 15.7 Å². The van der Waals surface area contributed by atoms with Crippen molar-refractivity contribution in [2.24, 2.45) is 5.92 Å². The van der Waals surface area contributed by atoms with Crippen molar-refractivity contribution in [1.29, 1.82) is 0 Å². The average Bonchev–Trinajstić information content (AvgIpc) is 3.20. The molecule has 0 bridgehead atoms. The van der Waals surface area contributed by atoms with E-state index in [1.807, 2.05) is 0 Å². The molecule has 0 radical (unpaired) electrons. The molecule has 1 aliphatic carbocycles. The van der Waals surface area contributed by atoms with Crippen LogP contribution >= 0.6 is 15.9 Å². The second kappa shape index (κ2) is 5.14. The number of benzene rings is 1. The van der Waals surface area contributed by atoms with Gasteiger partial charge in [0, 0.05) is 12.2 Å². The Labute approximate surface area is 131 Å². The topological polar surface area (TPSA) is 63.7 Å². The molecule has 1 heterocycles. The molecule has 2 aliphatic rings. The van der Waals surface area contributed by atoms with Crippen LogP contribution in [0.2, 0.25) is 0 Å². The van der Waals surface area contributed by atoms with Crippen LogP contribution in [0.4, 0.5) is 0 Å². The van der Waals surface area contributed by atoms with Gasteiger partial charge in [-0.2, -0.15) is 5.06 Å². The van der Waals surface area contributed by atoms with Crippen molar-refractivity contribution in [1.82, 2.24) is 5.06 Å². The molecule has 112 valence electrons. The summed E-state index contributed by atoms with van der Waals surface area (Å²) in [7, 11) is -3.47. The van der Waals surface area contributed by atoms with Crippen molar-refractivity contribution in [2.45, 2.75) is 17.7 Å². The van der Waals surface area contributed by atoms with Crippen LogP contribution in [0, 0.1) is 5.92 Å². The van der Waals surface area contributed by atoms with Crippen molar-refractivity contribution in [3.05, 3.63) is 40.1 Å². The number of carbonyl (C=O) groups excluding carboxylic acids is 1. The number of hydrogen-bond acceptors (Lipinski definition) is 4. The number of allylic oxidation sites excluding steroid dienone is 1. The van der Waals surface area contributed by atoms with E-state index in [1.54, 1.807) is 12.1 Å². The summed E-state index contributed by atoms with van der Waals surface area (Å²) in [5.41, 5.74) is 0.136. The highest BCUT2D eigenvalue weighted by molar-refractivity contribution is 9.11. The van der Waals surface area contributed by atoms with Crippen molar-refractivity contribution in [3.8, 4) is 0 Å². The third-order valence-corrected chi connectivity index (χ3v) is 5.25. The Hall–Kier alpha value is -1.34. The summed E-state index contributed by atoms with van der Waals surface area (Å²) in [5.74, 6) is 0.728. The predicted molar refractivity (Wildman–Crippen MR) is 80.4 cm³/mol. The van der Waals surface area contributed by atoms with Crippen LogP contribution in [-0.2, 0) is 14.7 Å². The van der Waals surface area contributed by atoms with Crippen LogP contribution in [0.5, 0.6) is 0 Å². The van der Waals surface area contributed by atoms with Gasteiger partial charge >= 0.3 is 0 Å². The van der Waals surface area contributed by atoms with Crippen LogP contribution in [0.25, 0.3) is 0 Å². The molecule has 1 aromatic rings. The SMILES string of the molecule is CS(=O)(=O)c1ccccc1C(=O)N1CC(Br)=C(C2CC2)O1.